The third-order valence-electron chi connectivity index (χ3n) is 4.81. The van der Waals surface area contributed by atoms with Crippen molar-refractivity contribution < 1.29 is 19.0 Å². The Morgan fingerprint density at radius 3 is 2.41 bits per heavy atom. The van der Waals surface area contributed by atoms with Crippen molar-refractivity contribution in [1.82, 2.24) is 4.90 Å². The molecule has 144 valence electrons. The summed E-state index contributed by atoms with van der Waals surface area (Å²) in [7, 11) is 0. The van der Waals surface area contributed by atoms with Crippen molar-refractivity contribution in [3.63, 3.8) is 0 Å². The molecule has 0 aromatic heterocycles. The molecule has 0 radical (unpaired) electrons. The first-order chi connectivity index (χ1) is 13.0. The van der Waals surface area contributed by atoms with Crippen molar-refractivity contribution in [3.05, 3.63) is 64.9 Å². The molecule has 2 aromatic carbocycles. The summed E-state index contributed by atoms with van der Waals surface area (Å²) in [5.74, 6) is 0.378. The molecule has 1 N–H and O–H groups in total. The van der Waals surface area contributed by atoms with Gasteiger partial charge in [0.25, 0.3) is 0 Å². The lowest BCUT2D eigenvalue weighted by molar-refractivity contribution is 0.0524. The maximum Gasteiger partial charge on any atom is 0.166 e. The molecule has 1 heterocycles. The first-order valence-electron chi connectivity index (χ1n) is 9.10. The van der Waals surface area contributed by atoms with Crippen LogP contribution in [-0.4, -0.2) is 48.1 Å². The number of likely N-dealkylation sites (tertiary alicyclic amines) is 1. The Morgan fingerprint density at radius 2 is 1.78 bits per heavy atom. The molecule has 0 saturated carbocycles. The minimum atomic E-state index is -0.640. The van der Waals surface area contributed by atoms with E-state index in [0.29, 0.717) is 22.9 Å². The van der Waals surface area contributed by atoms with Gasteiger partial charge in [0.1, 0.15) is 24.3 Å². The van der Waals surface area contributed by atoms with Crippen LogP contribution < -0.4 is 4.74 Å². The van der Waals surface area contributed by atoms with Crippen LogP contribution >= 0.6 is 11.6 Å². The molecule has 0 spiro atoms. The van der Waals surface area contributed by atoms with Crippen LogP contribution in [0.4, 0.5) is 4.39 Å². The molecule has 0 bridgehead atoms. The fourth-order valence-electron chi connectivity index (χ4n) is 3.30. The van der Waals surface area contributed by atoms with E-state index in [2.05, 4.69) is 4.90 Å². The molecule has 1 fully saturated rings. The first kappa shape index (κ1) is 19.8. The average Bonchev–Trinajstić information content (AvgIpc) is 2.68. The minimum Gasteiger partial charge on any atom is -0.491 e. The zero-order valence-electron chi connectivity index (χ0n) is 15.0. The van der Waals surface area contributed by atoms with E-state index in [1.807, 2.05) is 0 Å². The van der Waals surface area contributed by atoms with Gasteiger partial charge in [0.05, 0.1) is 0 Å². The normalized spacial score (nSPS) is 16.9. The number of aliphatic hydroxyl groups excluding tert-OH is 1. The van der Waals surface area contributed by atoms with Gasteiger partial charge in [-0.1, -0.05) is 11.6 Å². The number of hydrogen-bond donors (Lipinski definition) is 1. The number of halogens is 2. The zero-order valence-corrected chi connectivity index (χ0v) is 15.7. The fourth-order valence-corrected chi connectivity index (χ4v) is 3.43. The van der Waals surface area contributed by atoms with Gasteiger partial charge in [-0.05, 0) is 74.5 Å². The molecule has 1 atom stereocenters. The van der Waals surface area contributed by atoms with E-state index < -0.39 is 6.10 Å². The van der Waals surface area contributed by atoms with E-state index in [-0.39, 0.29) is 24.1 Å². The Bertz CT molecular complexity index is 743. The number of ketones is 1. The summed E-state index contributed by atoms with van der Waals surface area (Å²) in [6, 6.07) is 12.7. The smallest absolute Gasteiger partial charge is 0.166 e. The second-order valence-corrected chi connectivity index (χ2v) is 7.30. The summed E-state index contributed by atoms with van der Waals surface area (Å²) < 4.78 is 18.4. The Labute approximate surface area is 163 Å². The van der Waals surface area contributed by atoms with Crippen LogP contribution in [0.3, 0.4) is 0 Å². The summed E-state index contributed by atoms with van der Waals surface area (Å²) in [5, 5.41) is 10.8. The van der Waals surface area contributed by atoms with E-state index >= 15 is 0 Å². The van der Waals surface area contributed by atoms with Gasteiger partial charge in [0, 0.05) is 23.0 Å². The summed E-state index contributed by atoms with van der Waals surface area (Å²) in [5.41, 5.74) is 0.700. The average molecular weight is 392 g/mol. The number of aliphatic hydroxyl groups is 1. The SMILES string of the molecule is O=C(c1ccc(Cl)cc1)C1CCN(CC(O)COc2ccc(F)cc2)CC1. The van der Waals surface area contributed by atoms with E-state index in [1.54, 1.807) is 24.3 Å². The van der Waals surface area contributed by atoms with Crippen molar-refractivity contribution in [3.8, 4) is 5.75 Å². The van der Waals surface area contributed by atoms with Gasteiger partial charge in [-0.3, -0.25) is 4.79 Å². The van der Waals surface area contributed by atoms with Crippen LogP contribution in [0, 0.1) is 11.7 Å². The highest BCUT2D eigenvalue weighted by Gasteiger charge is 2.26. The third-order valence-corrected chi connectivity index (χ3v) is 5.06. The van der Waals surface area contributed by atoms with Gasteiger partial charge in [-0.15, -0.1) is 0 Å². The molecule has 4 nitrogen and oxygen atoms in total. The number of β-amino-alcohol motifs (C(OH)–C–C–N with tert-alkyl or cyclic N) is 1. The van der Waals surface area contributed by atoms with Gasteiger partial charge in [-0.25, -0.2) is 4.39 Å². The van der Waals surface area contributed by atoms with Crippen LogP contribution in [0.5, 0.6) is 5.75 Å². The van der Waals surface area contributed by atoms with E-state index in [1.165, 1.54) is 24.3 Å². The molecule has 1 aliphatic heterocycles. The second-order valence-electron chi connectivity index (χ2n) is 6.86. The third kappa shape index (κ3) is 5.76. The van der Waals surface area contributed by atoms with Crippen molar-refractivity contribution in [2.75, 3.05) is 26.2 Å². The summed E-state index contributed by atoms with van der Waals surface area (Å²) in [4.78, 5) is 14.7. The number of ether oxygens (including phenoxy) is 1. The van der Waals surface area contributed by atoms with E-state index in [0.717, 1.165) is 25.9 Å². The van der Waals surface area contributed by atoms with Crippen molar-refractivity contribution in [2.45, 2.75) is 18.9 Å². The Balaban J connectivity index is 1.41. The molecule has 0 amide bonds. The molecule has 0 aliphatic carbocycles. The summed E-state index contributed by atoms with van der Waals surface area (Å²) in [6.07, 6.45) is 0.901. The fraction of sp³-hybridized carbons (Fsp3) is 0.381. The number of rotatable bonds is 7. The molecule has 6 heteroatoms. The lowest BCUT2D eigenvalue weighted by Crippen LogP contribution is -2.42. The molecule has 1 aliphatic rings. The summed E-state index contributed by atoms with van der Waals surface area (Å²) in [6.45, 7) is 2.16. The van der Waals surface area contributed by atoms with Crippen LogP contribution in [-0.2, 0) is 0 Å². The quantitative estimate of drug-likeness (QED) is 0.729. The molecule has 1 unspecified atom stereocenters. The number of carbonyl (C=O) groups is 1. The van der Waals surface area contributed by atoms with Crippen molar-refractivity contribution in [2.24, 2.45) is 5.92 Å². The van der Waals surface area contributed by atoms with Crippen LogP contribution in [0.1, 0.15) is 23.2 Å². The number of Topliss-reactive ketones (excluding diaryl/α,β-unsaturated/α-hetero) is 1. The molecule has 1 saturated heterocycles. The van der Waals surface area contributed by atoms with Gasteiger partial charge >= 0.3 is 0 Å². The maximum atomic E-state index is 12.9. The number of nitrogens with zero attached hydrogens (tertiary/aromatic N) is 1. The zero-order chi connectivity index (χ0) is 19.2. The second kappa shape index (κ2) is 9.31. The highest BCUT2D eigenvalue weighted by Crippen LogP contribution is 2.23. The lowest BCUT2D eigenvalue weighted by Gasteiger charge is -2.32. The van der Waals surface area contributed by atoms with Crippen molar-refractivity contribution in [1.29, 1.82) is 0 Å². The summed E-state index contributed by atoms with van der Waals surface area (Å²) >= 11 is 5.87. The van der Waals surface area contributed by atoms with Gasteiger partial charge in [0.2, 0.25) is 0 Å². The molecular weight excluding hydrogens is 369 g/mol. The van der Waals surface area contributed by atoms with Gasteiger partial charge in [0.15, 0.2) is 5.78 Å². The van der Waals surface area contributed by atoms with Crippen LogP contribution in [0.25, 0.3) is 0 Å². The Kier molecular flexibility index (Phi) is 6.83. The predicted octanol–water partition coefficient (Wildman–Crippen LogP) is 3.81. The lowest BCUT2D eigenvalue weighted by atomic mass is 9.89. The van der Waals surface area contributed by atoms with Crippen LogP contribution in [0.2, 0.25) is 5.02 Å². The monoisotopic (exact) mass is 391 g/mol. The number of carbonyl (C=O) groups excluding carboxylic acids is 1. The molecule has 27 heavy (non-hydrogen) atoms. The maximum absolute atomic E-state index is 12.9. The highest BCUT2D eigenvalue weighted by atomic mass is 35.5. The van der Waals surface area contributed by atoms with E-state index in [9.17, 15) is 14.3 Å². The molecule has 3 rings (SSSR count). The van der Waals surface area contributed by atoms with E-state index in [4.69, 9.17) is 16.3 Å². The standard InChI is InChI=1S/C21H23ClFNO3/c22-17-3-1-15(2-4-17)21(26)16-9-11-24(12-10-16)13-19(25)14-27-20-7-5-18(23)6-8-20/h1-8,16,19,25H,9-14H2. The number of hydrogen-bond acceptors (Lipinski definition) is 4. The first-order valence-corrected chi connectivity index (χ1v) is 9.47. The number of benzene rings is 2. The predicted molar refractivity (Wildman–Crippen MR) is 103 cm³/mol. The minimum absolute atomic E-state index is 0.00929. The topological polar surface area (TPSA) is 49.8 Å². The molecular formula is C21H23ClFNO3. The Hall–Kier alpha value is -1.95. The largest absolute Gasteiger partial charge is 0.491 e. The van der Waals surface area contributed by atoms with Gasteiger partial charge < -0.3 is 14.7 Å². The number of piperidine rings is 1. The van der Waals surface area contributed by atoms with Crippen LogP contribution in [0.15, 0.2) is 48.5 Å². The van der Waals surface area contributed by atoms with Crippen molar-refractivity contribution >= 4 is 17.4 Å². The highest BCUT2D eigenvalue weighted by molar-refractivity contribution is 6.30. The molecule has 2 aromatic rings. The van der Waals surface area contributed by atoms with Gasteiger partial charge in [-0.2, -0.15) is 0 Å². The Morgan fingerprint density at radius 1 is 1.15 bits per heavy atom.